The Bertz CT molecular complexity index is 49.5. The van der Waals surface area contributed by atoms with Gasteiger partial charge in [0.05, 0.1) is 0 Å². The van der Waals surface area contributed by atoms with Crippen molar-refractivity contribution in [2.75, 3.05) is 0 Å². The normalized spacial score (nSPS) is 15.8. The monoisotopic (exact) mass is 87.1 g/mol. The van der Waals surface area contributed by atoms with Crippen LogP contribution in [0.25, 0.3) is 0 Å². The summed E-state index contributed by atoms with van der Waals surface area (Å²) in [6.45, 7) is 3.38. The molecule has 0 aliphatic heterocycles. The van der Waals surface area contributed by atoms with Crippen LogP contribution in [0.2, 0.25) is 0 Å². The largest absolute Gasteiger partial charge is 0.372 e. The van der Waals surface area contributed by atoms with Crippen molar-refractivity contribution >= 4 is 6.21 Å². The van der Waals surface area contributed by atoms with E-state index < -0.39 is 6.23 Å². The number of nitrogens with zero attached hydrogens (tertiary/aromatic N) is 1. The third-order valence-corrected chi connectivity index (χ3v) is 0.365. The minimum absolute atomic E-state index is 0.532. The van der Waals surface area contributed by atoms with Gasteiger partial charge < -0.3 is 5.11 Å². The van der Waals surface area contributed by atoms with Crippen molar-refractivity contribution in [1.29, 1.82) is 0 Å². The van der Waals surface area contributed by atoms with E-state index in [4.69, 9.17) is 5.11 Å². The first kappa shape index (κ1) is 5.63. The van der Waals surface area contributed by atoms with E-state index in [1.54, 1.807) is 20.1 Å². The van der Waals surface area contributed by atoms with Crippen LogP contribution in [0.4, 0.5) is 0 Å². The van der Waals surface area contributed by atoms with Gasteiger partial charge in [-0.1, -0.05) is 0 Å². The topological polar surface area (TPSA) is 32.6 Å². The van der Waals surface area contributed by atoms with E-state index in [0.29, 0.717) is 0 Å². The number of aliphatic imine (C=N–C) groups is 1. The molecule has 1 atom stereocenters. The molecule has 0 saturated heterocycles. The Hall–Kier alpha value is -0.370. The number of rotatable bonds is 1. The summed E-state index contributed by atoms with van der Waals surface area (Å²) in [6, 6.07) is 0. The fourth-order valence-corrected chi connectivity index (χ4v) is 0.216. The van der Waals surface area contributed by atoms with Crippen molar-refractivity contribution in [3.8, 4) is 0 Å². The lowest BCUT2D eigenvalue weighted by atomic mass is 10.7. The standard InChI is InChI=1S/C4H9NO/c1-3-5-4(2)6/h3-4,6H,1-2H3. The summed E-state index contributed by atoms with van der Waals surface area (Å²) in [7, 11) is 0. The van der Waals surface area contributed by atoms with E-state index in [-0.39, 0.29) is 0 Å². The highest BCUT2D eigenvalue weighted by atomic mass is 16.3. The molecule has 0 aliphatic carbocycles. The van der Waals surface area contributed by atoms with Crippen molar-refractivity contribution in [3.63, 3.8) is 0 Å². The first-order valence-electron chi connectivity index (χ1n) is 1.93. The van der Waals surface area contributed by atoms with Gasteiger partial charge in [-0.2, -0.15) is 0 Å². The van der Waals surface area contributed by atoms with Gasteiger partial charge in [-0.05, 0) is 20.1 Å². The molecule has 2 heteroatoms. The fourth-order valence-electron chi connectivity index (χ4n) is 0.216. The lowest BCUT2D eigenvalue weighted by molar-refractivity contribution is 0.206. The third kappa shape index (κ3) is 3.63. The molecule has 0 rings (SSSR count). The highest BCUT2D eigenvalue weighted by molar-refractivity contribution is 5.53. The molecule has 0 aliphatic rings. The molecule has 0 bridgehead atoms. The molecule has 0 saturated carbocycles. The van der Waals surface area contributed by atoms with Crippen LogP contribution < -0.4 is 0 Å². The van der Waals surface area contributed by atoms with Crippen LogP contribution in [0.5, 0.6) is 0 Å². The molecule has 0 aromatic heterocycles. The zero-order valence-electron chi connectivity index (χ0n) is 4.05. The maximum Gasteiger partial charge on any atom is 0.141 e. The van der Waals surface area contributed by atoms with E-state index in [1.807, 2.05) is 0 Å². The third-order valence-electron chi connectivity index (χ3n) is 0.365. The molecule has 6 heavy (non-hydrogen) atoms. The number of hydrogen-bond donors (Lipinski definition) is 1. The molecule has 0 amide bonds. The Morgan fingerprint density at radius 3 is 2.33 bits per heavy atom. The minimum Gasteiger partial charge on any atom is -0.372 e. The van der Waals surface area contributed by atoms with Crippen LogP contribution in [-0.2, 0) is 0 Å². The summed E-state index contributed by atoms with van der Waals surface area (Å²) in [5, 5.41) is 8.35. The summed E-state index contributed by atoms with van der Waals surface area (Å²) in [5.41, 5.74) is 0. The van der Waals surface area contributed by atoms with Crippen LogP contribution in [0.3, 0.4) is 0 Å². The highest BCUT2D eigenvalue weighted by Crippen LogP contribution is 1.75. The molecule has 0 aromatic carbocycles. The van der Waals surface area contributed by atoms with Gasteiger partial charge >= 0.3 is 0 Å². The van der Waals surface area contributed by atoms with Gasteiger partial charge in [-0.15, -0.1) is 0 Å². The molecule has 0 fully saturated rings. The Morgan fingerprint density at radius 2 is 2.33 bits per heavy atom. The van der Waals surface area contributed by atoms with Crippen LogP contribution >= 0.6 is 0 Å². The zero-order chi connectivity index (χ0) is 4.99. The molecule has 0 radical (unpaired) electrons. The number of hydrogen-bond acceptors (Lipinski definition) is 2. The second-order valence-electron chi connectivity index (χ2n) is 1.04. The van der Waals surface area contributed by atoms with Crippen LogP contribution in [0.1, 0.15) is 13.8 Å². The molecule has 1 unspecified atom stereocenters. The summed E-state index contributed by atoms with van der Waals surface area (Å²) >= 11 is 0. The van der Waals surface area contributed by atoms with Gasteiger partial charge in [0.2, 0.25) is 0 Å². The first-order valence-corrected chi connectivity index (χ1v) is 1.93. The fraction of sp³-hybridized carbons (Fsp3) is 0.750. The maximum atomic E-state index is 8.35. The Kier molecular flexibility index (Phi) is 2.67. The Balaban J connectivity index is 3.03. The van der Waals surface area contributed by atoms with Crippen LogP contribution in [0, 0.1) is 0 Å². The van der Waals surface area contributed by atoms with E-state index >= 15 is 0 Å². The molecule has 0 spiro atoms. The summed E-state index contributed by atoms with van der Waals surface area (Å²) in [4.78, 5) is 3.56. The van der Waals surface area contributed by atoms with Gasteiger partial charge in [0.15, 0.2) is 0 Å². The second kappa shape index (κ2) is 2.85. The summed E-state index contributed by atoms with van der Waals surface area (Å²) in [5.74, 6) is 0. The second-order valence-corrected chi connectivity index (χ2v) is 1.04. The maximum absolute atomic E-state index is 8.35. The molecule has 0 aromatic rings. The summed E-state index contributed by atoms with van der Waals surface area (Å²) < 4.78 is 0. The average molecular weight is 87.1 g/mol. The molecule has 36 valence electrons. The molecule has 2 nitrogen and oxygen atoms in total. The van der Waals surface area contributed by atoms with Gasteiger partial charge in [-0.3, -0.25) is 4.99 Å². The Labute approximate surface area is 37.5 Å². The van der Waals surface area contributed by atoms with Gasteiger partial charge in [0.25, 0.3) is 0 Å². The van der Waals surface area contributed by atoms with Gasteiger partial charge in [0.1, 0.15) is 6.23 Å². The van der Waals surface area contributed by atoms with Gasteiger partial charge in [-0.25, -0.2) is 0 Å². The first-order chi connectivity index (χ1) is 2.77. The van der Waals surface area contributed by atoms with Crippen molar-refractivity contribution in [2.45, 2.75) is 20.1 Å². The molecule has 1 N–H and O–H groups in total. The van der Waals surface area contributed by atoms with E-state index in [2.05, 4.69) is 4.99 Å². The quantitative estimate of drug-likeness (QED) is 0.462. The molecular weight excluding hydrogens is 78.0 g/mol. The predicted molar refractivity (Wildman–Crippen MR) is 25.8 cm³/mol. The van der Waals surface area contributed by atoms with Crippen molar-refractivity contribution in [2.24, 2.45) is 4.99 Å². The van der Waals surface area contributed by atoms with Crippen molar-refractivity contribution < 1.29 is 5.11 Å². The van der Waals surface area contributed by atoms with Crippen LogP contribution in [-0.4, -0.2) is 17.5 Å². The molecular formula is C4H9NO. The highest BCUT2D eigenvalue weighted by Gasteiger charge is 1.78. The van der Waals surface area contributed by atoms with Crippen molar-refractivity contribution in [1.82, 2.24) is 0 Å². The van der Waals surface area contributed by atoms with Crippen LogP contribution in [0.15, 0.2) is 4.99 Å². The Morgan fingerprint density at radius 1 is 1.83 bits per heavy atom. The van der Waals surface area contributed by atoms with E-state index in [0.717, 1.165) is 0 Å². The lowest BCUT2D eigenvalue weighted by Crippen LogP contribution is -1.91. The smallest absolute Gasteiger partial charge is 0.141 e. The van der Waals surface area contributed by atoms with Crippen molar-refractivity contribution in [3.05, 3.63) is 0 Å². The number of aliphatic hydroxyl groups excluding tert-OH is 1. The zero-order valence-corrected chi connectivity index (χ0v) is 4.05. The molecule has 0 heterocycles. The number of aliphatic hydroxyl groups is 1. The lowest BCUT2D eigenvalue weighted by Gasteiger charge is -1.87. The van der Waals surface area contributed by atoms with E-state index in [1.165, 1.54) is 0 Å². The predicted octanol–water partition coefficient (Wildman–Crippen LogP) is 0.415. The minimum atomic E-state index is -0.532. The average Bonchev–Trinajstić information content (AvgIpc) is 1.35. The van der Waals surface area contributed by atoms with E-state index in [9.17, 15) is 0 Å². The summed E-state index contributed by atoms with van der Waals surface area (Å²) in [6.07, 6.45) is 1.04. The SMILES string of the molecule is CC=NC(C)O. The van der Waals surface area contributed by atoms with Gasteiger partial charge in [0, 0.05) is 0 Å².